The average molecular weight is 246 g/mol. The molecule has 0 N–H and O–H groups in total. The van der Waals surface area contributed by atoms with E-state index in [1.54, 1.807) is 0 Å². The lowest BCUT2D eigenvalue weighted by Gasteiger charge is -2.18. The van der Waals surface area contributed by atoms with E-state index < -0.39 is 36.6 Å². The number of allylic oxidation sites excluding steroid dienone is 2. The topological polar surface area (TPSA) is 0 Å². The summed E-state index contributed by atoms with van der Waals surface area (Å²) >= 11 is 0. The average Bonchev–Trinajstić information content (AvgIpc) is 1.75. The van der Waals surface area contributed by atoms with E-state index in [9.17, 15) is 39.5 Å². The summed E-state index contributed by atoms with van der Waals surface area (Å²) in [7, 11) is 0. The van der Waals surface area contributed by atoms with Gasteiger partial charge in [0.2, 0.25) is 0 Å². The third-order valence-corrected chi connectivity index (χ3v) is 1.13. The normalized spacial score (nSPS) is 15.7. The Hall–Kier alpha value is -0.890. The molecule has 0 aliphatic carbocycles. The fraction of sp³-hybridized carbons (Fsp3) is 0.667. The second-order valence-corrected chi connectivity index (χ2v) is 2.51. The Morgan fingerprint density at radius 1 is 0.867 bits per heavy atom. The number of halogens is 9. The van der Waals surface area contributed by atoms with Gasteiger partial charge in [0.15, 0.2) is 0 Å². The molecule has 9 heteroatoms. The molecule has 0 aliphatic heterocycles. The lowest BCUT2D eigenvalue weighted by Crippen LogP contribution is -2.36. The van der Waals surface area contributed by atoms with Crippen LogP contribution in [0.5, 0.6) is 0 Å². The number of hydrogen-bond acceptors (Lipinski definition) is 0. The van der Waals surface area contributed by atoms with Crippen LogP contribution in [0.1, 0.15) is 6.42 Å². The van der Waals surface area contributed by atoms with Crippen LogP contribution in [0, 0.1) is 0 Å². The Morgan fingerprint density at radius 3 is 1.53 bits per heavy atom. The van der Waals surface area contributed by atoms with Crippen molar-refractivity contribution < 1.29 is 39.5 Å². The predicted molar refractivity (Wildman–Crippen MR) is 30.9 cm³/mol. The largest absolute Gasteiger partial charge is 0.453 e. The van der Waals surface area contributed by atoms with Gasteiger partial charge >= 0.3 is 18.3 Å². The summed E-state index contributed by atoms with van der Waals surface area (Å²) in [6.45, 7) is 0. The second-order valence-electron chi connectivity index (χ2n) is 2.51. The zero-order valence-electron chi connectivity index (χ0n) is 6.69. The standard InChI is InChI=1S/C6H3F9/c7-3(2-5(10,11)12)1-4(8,9)6(13,14)15/h2H,1H2/b3-2+. The van der Waals surface area contributed by atoms with Crippen LogP contribution >= 0.6 is 0 Å². The molecule has 0 fully saturated rings. The van der Waals surface area contributed by atoms with Gasteiger partial charge in [-0.05, 0) is 0 Å². The van der Waals surface area contributed by atoms with Gasteiger partial charge in [0.1, 0.15) is 5.83 Å². The lowest BCUT2D eigenvalue weighted by atomic mass is 10.2. The van der Waals surface area contributed by atoms with Crippen molar-refractivity contribution in [3.05, 3.63) is 11.9 Å². The van der Waals surface area contributed by atoms with Crippen molar-refractivity contribution in [3.63, 3.8) is 0 Å². The molecule has 0 bridgehead atoms. The van der Waals surface area contributed by atoms with Gasteiger partial charge in [-0.25, -0.2) is 4.39 Å². The van der Waals surface area contributed by atoms with Crippen LogP contribution in [-0.2, 0) is 0 Å². The zero-order chi connectivity index (χ0) is 12.5. The third kappa shape index (κ3) is 4.93. The zero-order valence-corrected chi connectivity index (χ0v) is 6.69. The van der Waals surface area contributed by atoms with E-state index >= 15 is 0 Å². The number of hydrogen-bond donors (Lipinski definition) is 0. The van der Waals surface area contributed by atoms with Crippen molar-refractivity contribution in [1.29, 1.82) is 0 Å². The highest BCUT2D eigenvalue weighted by atomic mass is 19.4. The molecule has 90 valence electrons. The SMILES string of the molecule is F/C(=C/C(F)(F)F)CC(F)(F)C(F)(F)F. The molecule has 15 heavy (non-hydrogen) atoms. The van der Waals surface area contributed by atoms with Crippen molar-refractivity contribution in [2.75, 3.05) is 0 Å². The fourth-order valence-corrected chi connectivity index (χ4v) is 0.541. The van der Waals surface area contributed by atoms with Gasteiger partial charge < -0.3 is 0 Å². The summed E-state index contributed by atoms with van der Waals surface area (Å²) in [5.41, 5.74) is 0. The lowest BCUT2D eigenvalue weighted by molar-refractivity contribution is -0.282. The van der Waals surface area contributed by atoms with E-state index in [2.05, 4.69) is 0 Å². The molecular weight excluding hydrogens is 243 g/mol. The quantitative estimate of drug-likeness (QED) is 0.646. The minimum absolute atomic E-state index is 1.24. The molecule has 0 atom stereocenters. The van der Waals surface area contributed by atoms with E-state index in [4.69, 9.17) is 0 Å². The minimum Gasteiger partial charge on any atom is -0.212 e. The van der Waals surface area contributed by atoms with Crippen molar-refractivity contribution in [1.82, 2.24) is 0 Å². The Kier molecular flexibility index (Phi) is 3.70. The highest BCUT2D eigenvalue weighted by Gasteiger charge is 2.57. The van der Waals surface area contributed by atoms with Crippen molar-refractivity contribution in [2.24, 2.45) is 0 Å². The molecule has 0 unspecified atom stereocenters. The predicted octanol–water partition coefficient (Wildman–Crippen LogP) is 3.99. The van der Waals surface area contributed by atoms with Crippen molar-refractivity contribution in [3.8, 4) is 0 Å². The van der Waals surface area contributed by atoms with E-state index in [0.717, 1.165) is 0 Å². The van der Waals surface area contributed by atoms with Crippen LogP contribution in [0.2, 0.25) is 0 Å². The van der Waals surface area contributed by atoms with E-state index in [0.29, 0.717) is 0 Å². The highest BCUT2D eigenvalue weighted by molar-refractivity contribution is 5.01. The summed E-state index contributed by atoms with van der Waals surface area (Å²) in [6.07, 6.45) is -15.3. The first kappa shape index (κ1) is 14.1. The van der Waals surface area contributed by atoms with Crippen LogP contribution in [0.4, 0.5) is 39.5 Å². The third-order valence-electron chi connectivity index (χ3n) is 1.13. The van der Waals surface area contributed by atoms with Gasteiger partial charge in [-0.2, -0.15) is 35.1 Å². The van der Waals surface area contributed by atoms with Gasteiger partial charge in [0.05, 0.1) is 12.5 Å². The maximum absolute atomic E-state index is 12.1. The molecule has 0 heterocycles. The summed E-state index contributed by atoms with van der Waals surface area (Å²) in [6, 6.07) is 0. The first-order valence-corrected chi connectivity index (χ1v) is 3.24. The molecule has 0 amide bonds. The summed E-state index contributed by atoms with van der Waals surface area (Å²) < 4.78 is 104. The Bertz CT molecular complexity index is 242. The molecular formula is C6H3F9. The molecule has 0 rings (SSSR count). The Morgan fingerprint density at radius 2 is 1.27 bits per heavy atom. The molecule has 0 aromatic heterocycles. The maximum Gasteiger partial charge on any atom is 0.453 e. The molecule has 0 aromatic carbocycles. The Labute approximate surface area is 77.4 Å². The highest BCUT2D eigenvalue weighted by Crippen LogP contribution is 2.40. The minimum atomic E-state index is -6.08. The summed E-state index contributed by atoms with van der Waals surface area (Å²) in [5.74, 6) is -8.09. The molecule has 0 radical (unpaired) electrons. The molecule has 0 aliphatic rings. The first-order valence-electron chi connectivity index (χ1n) is 3.24. The molecule has 0 saturated carbocycles. The Balaban J connectivity index is 4.69. The molecule has 0 saturated heterocycles. The first-order chi connectivity index (χ1) is 6.35. The van der Waals surface area contributed by atoms with Crippen LogP contribution in [-0.4, -0.2) is 18.3 Å². The second kappa shape index (κ2) is 3.93. The van der Waals surface area contributed by atoms with Gasteiger partial charge in [0, 0.05) is 0 Å². The number of rotatable bonds is 2. The van der Waals surface area contributed by atoms with Crippen LogP contribution < -0.4 is 0 Å². The summed E-state index contributed by atoms with van der Waals surface area (Å²) in [4.78, 5) is 0. The van der Waals surface area contributed by atoms with Crippen molar-refractivity contribution in [2.45, 2.75) is 24.7 Å². The van der Waals surface area contributed by atoms with E-state index in [-0.39, 0.29) is 0 Å². The summed E-state index contributed by atoms with van der Waals surface area (Å²) in [5, 5.41) is 0. The monoisotopic (exact) mass is 246 g/mol. The molecule has 0 aromatic rings. The smallest absolute Gasteiger partial charge is 0.212 e. The molecule has 0 spiro atoms. The number of alkyl halides is 8. The van der Waals surface area contributed by atoms with Crippen LogP contribution in [0.3, 0.4) is 0 Å². The maximum atomic E-state index is 12.1. The van der Waals surface area contributed by atoms with Gasteiger partial charge in [-0.3, -0.25) is 0 Å². The van der Waals surface area contributed by atoms with Crippen LogP contribution in [0.15, 0.2) is 11.9 Å². The van der Waals surface area contributed by atoms with Crippen molar-refractivity contribution >= 4 is 0 Å². The van der Waals surface area contributed by atoms with Gasteiger partial charge in [-0.15, -0.1) is 0 Å². The van der Waals surface area contributed by atoms with E-state index in [1.165, 1.54) is 0 Å². The van der Waals surface area contributed by atoms with Crippen LogP contribution in [0.25, 0.3) is 0 Å². The van der Waals surface area contributed by atoms with E-state index in [1.807, 2.05) is 0 Å². The fourth-order valence-electron chi connectivity index (χ4n) is 0.541. The van der Waals surface area contributed by atoms with Gasteiger partial charge in [-0.1, -0.05) is 0 Å². The van der Waals surface area contributed by atoms with Gasteiger partial charge in [0.25, 0.3) is 0 Å². The molecule has 0 nitrogen and oxygen atoms in total.